The van der Waals surface area contributed by atoms with Gasteiger partial charge in [-0.3, -0.25) is 4.90 Å². The zero-order valence-corrected chi connectivity index (χ0v) is 14.4. The number of hydrogen-bond donors (Lipinski definition) is 0. The second kappa shape index (κ2) is 5.84. The molecule has 1 aromatic carbocycles. The first-order valence-electron chi connectivity index (χ1n) is 8.73. The van der Waals surface area contributed by atoms with E-state index in [-0.39, 0.29) is 0 Å². The summed E-state index contributed by atoms with van der Waals surface area (Å²) < 4.78 is 0. The van der Waals surface area contributed by atoms with E-state index in [1.54, 1.807) is 0 Å². The lowest BCUT2D eigenvalue weighted by Gasteiger charge is -2.41. The standard InChI is InChI=1S/C19H26N4/c1-13-18(21-17-7-5-4-6-16(17)20-13)12-23-10-14-8-9-15(11-23)19(14)22(2)3/h4-7,14-15,19H,8-12H2,1-3H3/t14-,15+,19?. The summed E-state index contributed by atoms with van der Waals surface area (Å²) in [5.74, 6) is 1.63. The van der Waals surface area contributed by atoms with E-state index >= 15 is 0 Å². The molecule has 4 rings (SSSR count). The molecule has 122 valence electrons. The second-order valence-electron chi connectivity index (χ2n) is 7.49. The molecule has 1 saturated heterocycles. The van der Waals surface area contributed by atoms with Crippen molar-refractivity contribution in [3.05, 3.63) is 35.7 Å². The third-order valence-electron chi connectivity index (χ3n) is 5.67. The normalized spacial score (nSPS) is 27.9. The fourth-order valence-corrected chi connectivity index (χ4v) is 4.75. The lowest BCUT2D eigenvalue weighted by atomic mass is 9.91. The average Bonchev–Trinajstić information content (AvgIpc) is 2.80. The van der Waals surface area contributed by atoms with Gasteiger partial charge in [0, 0.05) is 25.7 Å². The van der Waals surface area contributed by atoms with Crippen molar-refractivity contribution in [1.82, 2.24) is 19.8 Å². The van der Waals surface area contributed by atoms with Crippen LogP contribution in [0.1, 0.15) is 24.2 Å². The molecule has 1 aliphatic heterocycles. The van der Waals surface area contributed by atoms with Gasteiger partial charge in [0.25, 0.3) is 0 Å². The number of hydrogen-bond acceptors (Lipinski definition) is 4. The monoisotopic (exact) mass is 310 g/mol. The van der Waals surface area contributed by atoms with Crippen LogP contribution in [0.4, 0.5) is 0 Å². The van der Waals surface area contributed by atoms with E-state index in [1.807, 2.05) is 18.2 Å². The smallest absolute Gasteiger partial charge is 0.0890 e. The Hall–Kier alpha value is -1.52. The molecule has 2 bridgehead atoms. The third kappa shape index (κ3) is 2.74. The maximum Gasteiger partial charge on any atom is 0.0890 e. The number of piperidine rings is 1. The van der Waals surface area contributed by atoms with Gasteiger partial charge in [-0.05, 0) is 57.8 Å². The number of benzene rings is 1. The molecule has 2 fully saturated rings. The van der Waals surface area contributed by atoms with E-state index in [9.17, 15) is 0 Å². The molecule has 3 atom stereocenters. The molecular formula is C19H26N4. The van der Waals surface area contributed by atoms with Crippen molar-refractivity contribution < 1.29 is 0 Å². The number of fused-ring (bicyclic) bond motifs is 3. The first-order chi connectivity index (χ1) is 11.1. The van der Waals surface area contributed by atoms with Crippen LogP contribution in [0.3, 0.4) is 0 Å². The molecule has 1 aliphatic carbocycles. The summed E-state index contributed by atoms with van der Waals surface area (Å²) in [6.45, 7) is 5.44. The molecule has 4 nitrogen and oxygen atoms in total. The number of para-hydroxylation sites is 2. The highest BCUT2D eigenvalue weighted by molar-refractivity contribution is 5.74. The second-order valence-corrected chi connectivity index (χ2v) is 7.49. The van der Waals surface area contributed by atoms with Crippen LogP contribution in [0.5, 0.6) is 0 Å². The molecule has 0 amide bonds. The van der Waals surface area contributed by atoms with Crippen molar-refractivity contribution in [1.29, 1.82) is 0 Å². The molecule has 2 aromatic rings. The zero-order chi connectivity index (χ0) is 16.0. The van der Waals surface area contributed by atoms with Crippen LogP contribution in [-0.4, -0.2) is 53.0 Å². The zero-order valence-electron chi connectivity index (χ0n) is 14.4. The number of aryl methyl sites for hydroxylation is 1. The van der Waals surface area contributed by atoms with Crippen LogP contribution < -0.4 is 0 Å². The van der Waals surface area contributed by atoms with E-state index in [4.69, 9.17) is 9.97 Å². The van der Waals surface area contributed by atoms with Gasteiger partial charge in [-0.1, -0.05) is 12.1 Å². The minimum atomic E-state index is 0.773. The highest BCUT2D eigenvalue weighted by atomic mass is 15.2. The molecule has 23 heavy (non-hydrogen) atoms. The summed E-state index contributed by atoms with van der Waals surface area (Å²) in [6.07, 6.45) is 2.76. The SMILES string of the molecule is Cc1nc2ccccc2nc1CN1C[C@H]2CC[C@@H](C1)C2N(C)C. The van der Waals surface area contributed by atoms with Crippen molar-refractivity contribution in [2.45, 2.75) is 32.4 Å². The predicted octanol–water partition coefficient (Wildman–Crippen LogP) is 2.71. The van der Waals surface area contributed by atoms with E-state index in [0.717, 1.165) is 46.8 Å². The van der Waals surface area contributed by atoms with Crippen molar-refractivity contribution in [2.24, 2.45) is 11.8 Å². The first-order valence-corrected chi connectivity index (χ1v) is 8.73. The number of rotatable bonds is 3. The molecule has 0 N–H and O–H groups in total. The maximum atomic E-state index is 4.88. The van der Waals surface area contributed by atoms with E-state index in [1.165, 1.54) is 25.9 Å². The fourth-order valence-electron chi connectivity index (χ4n) is 4.75. The Morgan fingerprint density at radius 3 is 2.26 bits per heavy atom. The molecule has 1 saturated carbocycles. The summed E-state index contributed by atoms with van der Waals surface area (Å²) in [5.41, 5.74) is 4.23. The van der Waals surface area contributed by atoms with Gasteiger partial charge >= 0.3 is 0 Å². The van der Waals surface area contributed by atoms with Crippen molar-refractivity contribution in [3.63, 3.8) is 0 Å². The molecule has 2 aliphatic rings. The van der Waals surface area contributed by atoms with Gasteiger partial charge in [-0.25, -0.2) is 9.97 Å². The van der Waals surface area contributed by atoms with Crippen molar-refractivity contribution in [3.8, 4) is 0 Å². The average molecular weight is 310 g/mol. The Balaban J connectivity index is 1.54. The highest BCUT2D eigenvalue weighted by Crippen LogP contribution is 2.39. The lowest BCUT2D eigenvalue weighted by Crippen LogP contribution is -2.50. The van der Waals surface area contributed by atoms with E-state index in [2.05, 4.69) is 36.9 Å². The Morgan fingerprint density at radius 2 is 1.65 bits per heavy atom. The van der Waals surface area contributed by atoms with Crippen LogP contribution in [-0.2, 0) is 6.54 Å². The van der Waals surface area contributed by atoms with Crippen LogP contribution in [0.15, 0.2) is 24.3 Å². The molecule has 1 unspecified atom stereocenters. The highest BCUT2D eigenvalue weighted by Gasteiger charge is 2.42. The molecule has 2 heterocycles. The minimum Gasteiger partial charge on any atom is -0.306 e. The summed E-state index contributed by atoms with van der Waals surface area (Å²) in [6, 6.07) is 8.95. The topological polar surface area (TPSA) is 32.3 Å². The summed E-state index contributed by atoms with van der Waals surface area (Å²) in [4.78, 5) is 14.7. The minimum absolute atomic E-state index is 0.773. The molecule has 0 spiro atoms. The van der Waals surface area contributed by atoms with Crippen LogP contribution >= 0.6 is 0 Å². The molecule has 0 radical (unpaired) electrons. The Labute approximate surface area is 138 Å². The van der Waals surface area contributed by atoms with Gasteiger partial charge in [0.05, 0.1) is 22.4 Å². The fraction of sp³-hybridized carbons (Fsp3) is 0.579. The van der Waals surface area contributed by atoms with Gasteiger partial charge < -0.3 is 4.90 Å². The lowest BCUT2D eigenvalue weighted by molar-refractivity contribution is 0.0706. The number of likely N-dealkylation sites (tertiary alicyclic amines) is 1. The maximum absolute atomic E-state index is 4.88. The van der Waals surface area contributed by atoms with Gasteiger partial charge in [-0.2, -0.15) is 0 Å². The summed E-state index contributed by atoms with van der Waals surface area (Å²) in [5, 5.41) is 0. The van der Waals surface area contributed by atoms with Crippen LogP contribution in [0.25, 0.3) is 11.0 Å². The Bertz CT molecular complexity index is 698. The predicted molar refractivity (Wildman–Crippen MR) is 93.2 cm³/mol. The molecule has 1 aromatic heterocycles. The van der Waals surface area contributed by atoms with Crippen LogP contribution in [0, 0.1) is 18.8 Å². The van der Waals surface area contributed by atoms with Crippen molar-refractivity contribution in [2.75, 3.05) is 27.2 Å². The molecular weight excluding hydrogens is 284 g/mol. The number of aromatic nitrogens is 2. The summed E-state index contributed by atoms with van der Waals surface area (Å²) >= 11 is 0. The van der Waals surface area contributed by atoms with Gasteiger partial charge in [0.1, 0.15) is 0 Å². The Kier molecular flexibility index (Phi) is 3.82. The molecule has 4 heteroatoms. The Morgan fingerprint density at radius 1 is 1.04 bits per heavy atom. The van der Waals surface area contributed by atoms with Crippen LogP contribution in [0.2, 0.25) is 0 Å². The van der Waals surface area contributed by atoms with Crippen molar-refractivity contribution >= 4 is 11.0 Å². The van der Waals surface area contributed by atoms with Gasteiger partial charge in [0.15, 0.2) is 0 Å². The summed E-state index contributed by atoms with van der Waals surface area (Å²) in [7, 11) is 4.48. The quantitative estimate of drug-likeness (QED) is 0.872. The number of nitrogens with zero attached hydrogens (tertiary/aromatic N) is 4. The van der Waals surface area contributed by atoms with E-state index in [0.29, 0.717) is 0 Å². The first kappa shape index (κ1) is 15.0. The third-order valence-corrected chi connectivity index (χ3v) is 5.67. The largest absolute Gasteiger partial charge is 0.306 e. The van der Waals surface area contributed by atoms with E-state index < -0.39 is 0 Å². The van der Waals surface area contributed by atoms with Gasteiger partial charge in [0.2, 0.25) is 0 Å². The van der Waals surface area contributed by atoms with Gasteiger partial charge in [-0.15, -0.1) is 0 Å².